The Balaban J connectivity index is 1.64. The molecule has 1 aliphatic heterocycles. The fourth-order valence-corrected chi connectivity index (χ4v) is 3.81. The summed E-state index contributed by atoms with van der Waals surface area (Å²) in [4.78, 5) is 4.32. The summed E-state index contributed by atoms with van der Waals surface area (Å²) in [5.74, 6) is 0.826. The minimum atomic E-state index is -0.413. The van der Waals surface area contributed by atoms with Gasteiger partial charge in [-0.2, -0.15) is 19.9 Å². The van der Waals surface area contributed by atoms with Gasteiger partial charge in [0.15, 0.2) is 0 Å². The molecule has 6 nitrogen and oxygen atoms in total. The van der Waals surface area contributed by atoms with Crippen molar-refractivity contribution in [3.63, 3.8) is 0 Å². The van der Waals surface area contributed by atoms with Crippen molar-refractivity contribution in [2.75, 3.05) is 6.61 Å². The average Bonchev–Trinajstić information content (AvgIpc) is 3.26. The first-order chi connectivity index (χ1) is 13.6. The maximum Gasteiger partial charge on any atom is 0.253 e. The second kappa shape index (κ2) is 6.72. The highest BCUT2D eigenvalue weighted by molar-refractivity contribution is 9.10. The van der Waals surface area contributed by atoms with Crippen LogP contribution in [0.2, 0.25) is 5.02 Å². The number of halogens is 3. The predicted octanol–water partition coefficient (Wildman–Crippen LogP) is 4.61. The largest absolute Gasteiger partial charge is 0.492 e. The van der Waals surface area contributed by atoms with Gasteiger partial charge in [-0.25, -0.2) is 9.07 Å². The smallest absolute Gasteiger partial charge is 0.253 e. The highest BCUT2D eigenvalue weighted by atomic mass is 79.9. The number of fused-ring (bicyclic) bond motifs is 3. The Morgan fingerprint density at radius 1 is 1.18 bits per heavy atom. The van der Waals surface area contributed by atoms with Gasteiger partial charge in [0.2, 0.25) is 0 Å². The molecule has 3 heterocycles. The number of ether oxygens (including phenoxy) is 1. The molecule has 0 aliphatic carbocycles. The summed E-state index contributed by atoms with van der Waals surface area (Å²) in [6, 6.07) is 10.00. The third kappa shape index (κ3) is 2.89. The van der Waals surface area contributed by atoms with Crippen molar-refractivity contribution in [3.8, 4) is 28.6 Å². The van der Waals surface area contributed by atoms with Gasteiger partial charge < -0.3 is 4.74 Å². The van der Waals surface area contributed by atoms with Gasteiger partial charge in [0.05, 0.1) is 23.0 Å². The number of benzene rings is 2. The fourth-order valence-electron chi connectivity index (χ4n) is 3.22. The van der Waals surface area contributed by atoms with Crippen LogP contribution in [-0.2, 0) is 6.42 Å². The number of aromatic nitrogens is 5. The maximum atomic E-state index is 13.4. The van der Waals surface area contributed by atoms with Gasteiger partial charge in [0, 0.05) is 28.2 Å². The van der Waals surface area contributed by atoms with Gasteiger partial charge in [-0.3, -0.25) is 0 Å². The monoisotopic (exact) mass is 459 g/mol. The van der Waals surface area contributed by atoms with Gasteiger partial charge in [0.25, 0.3) is 5.95 Å². The summed E-state index contributed by atoms with van der Waals surface area (Å²) in [5.41, 5.74) is 3.31. The van der Waals surface area contributed by atoms with E-state index in [0.29, 0.717) is 24.7 Å². The molecule has 0 fully saturated rings. The van der Waals surface area contributed by atoms with Crippen molar-refractivity contribution in [3.05, 3.63) is 69.8 Å². The number of nitrogens with zero attached hydrogens (tertiary/aromatic N) is 5. The molecule has 0 saturated carbocycles. The summed E-state index contributed by atoms with van der Waals surface area (Å²) in [7, 11) is 0. The van der Waals surface area contributed by atoms with Crippen molar-refractivity contribution in [2.24, 2.45) is 0 Å². The molecule has 5 rings (SSSR count). The second-order valence-corrected chi connectivity index (χ2v) is 7.58. The molecule has 1 aliphatic rings. The van der Waals surface area contributed by atoms with Gasteiger partial charge in [-0.15, -0.1) is 0 Å². The molecule has 0 unspecified atom stereocenters. The molecule has 2 aromatic heterocycles. The number of rotatable bonds is 2. The SMILES string of the molecule is Fc1ccc(-n2ncnc2-n2cc3c(n2)-c2ccc(Br)cc2OCC3)c(Cl)c1. The zero-order valence-corrected chi connectivity index (χ0v) is 16.7. The summed E-state index contributed by atoms with van der Waals surface area (Å²) in [6.45, 7) is 0.554. The van der Waals surface area contributed by atoms with Crippen LogP contribution in [0.15, 0.2) is 53.4 Å². The van der Waals surface area contributed by atoms with E-state index >= 15 is 0 Å². The van der Waals surface area contributed by atoms with Crippen LogP contribution in [0.3, 0.4) is 0 Å². The minimum absolute atomic E-state index is 0.240. The number of hydrogen-bond acceptors (Lipinski definition) is 4. The molecule has 0 spiro atoms. The van der Waals surface area contributed by atoms with Crippen LogP contribution in [-0.4, -0.2) is 31.2 Å². The lowest BCUT2D eigenvalue weighted by Crippen LogP contribution is -2.08. The van der Waals surface area contributed by atoms with Crippen molar-refractivity contribution in [2.45, 2.75) is 6.42 Å². The molecule has 0 atom stereocenters. The third-order valence-electron chi connectivity index (χ3n) is 4.49. The van der Waals surface area contributed by atoms with Crippen molar-refractivity contribution in [1.82, 2.24) is 24.5 Å². The van der Waals surface area contributed by atoms with E-state index in [2.05, 4.69) is 26.0 Å². The molecular weight excluding hydrogens is 449 g/mol. The molecule has 0 saturated heterocycles. The lowest BCUT2D eigenvalue weighted by molar-refractivity contribution is 0.326. The topological polar surface area (TPSA) is 57.8 Å². The zero-order chi connectivity index (χ0) is 19.3. The van der Waals surface area contributed by atoms with Gasteiger partial charge >= 0.3 is 0 Å². The zero-order valence-electron chi connectivity index (χ0n) is 14.3. The third-order valence-corrected chi connectivity index (χ3v) is 5.29. The average molecular weight is 461 g/mol. The summed E-state index contributed by atoms with van der Waals surface area (Å²) in [5, 5.41) is 9.22. The van der Waals surface area contributed by atoms with Crippen LogP contribution in [0.1, 0.15) is 5.56 Å². The lowest BCUT2D eigenvalue weighted by atomic mass is 10.1. The molecule has 4 aromatic rings. The summed E-state index contributed by atoms with van der Waals surface area (Å²) < 4.78 is 23.4. The lowest BCUT2D eigenvalue weighted by Gasteiger charge is -2.09. The van der Waals surface area contributed by atoms with Crippen LogP contribution >= 0.6 is 27.5 Å². The molecule has 0 amide bonds. The van der Waals surface area contributed by atoms with E-state index in [9.17, 15) is 4.39 Å². The quantitative estimate of drug-likeness (QED) is 0.438. The predicted molar refractivity (Wildman–Crippen MR) is 106 cm³/mol. The van der Waals surface area contributed by atoms with Crippen molar-refractivity contribution >= 4 is 27.5 Å². The second-order valence-electron chi connectivity index (χ2n) is 6.25. The van der Waals surface area contributed by atoms with Gasteiger partial charge in [0.1, 0.15) is 17.9 Å². The molecule has 2 aromatic carbocycles. The first-order valence-corrected chi connectivity index (χ1v) is 9.64. The first-order valence-electron chi connectivity index (χ1n) is 8.47. The summed E-state index contributed by atoms with van der Waals surface area (Å²) >= 11 is 9.68. The Bertz CT molecular complexity index is 1210. The number of hydrogen-bond donors (Lipinski definition) is 0. The van der Waals surface area contributed by atoms with Gasteiger partial charge in [-0.05, 0) is 36.4 Å². The Hall–Kier alpha value is -2.71. The van der Waals surface area contributed by atoms with E-state index < -0.39 is 5.82 Å². The van der Waals surface area contributed by atoms with E-state index in [1.807, 2.05) is 24.4 Å². The molecule has 0 N–H and O–H groups in total. The Labute approximate surface area is 172 Å². The summed E-state index contributed by atoms with van der Waals surface area (Å²) in [6.07, 6.45) is 4.04. The highest BCUT2D eigenvalue weighted by Gasteiger charge is 2.22. The Morgan fingerprint density at radius 3 is 2.93 bits per heavy atom. The van der Waals surface area contributed by atoms with Gasteiger partial charge in [-0.1, -0.05) is 27.5 Å². The van der Waals surface area contributed by atoms with E-state index in [1.165, 1.54) is 23.1 Å². The normalized spacial score (nSPS) is 12.8. The fraction of sp³-hybridized carbons (Fsp3) is 0.105. The molecule has 0 bridgehead atoms. The molecule has 140 valence electrons. The van der Waals surface area contributed by atoms with E-state index in [0.717, 1.165) is 27.0 Å². The first kappa shape index (κ1) is 17.4. The highest BCUT2D eigenvalue weighted by Crippen LogP contribution is 2.36. The van der Waals surface area contributed by atoms with Crippen LogP contribution in [0.5, 0.6) is 5.75 Å². The van der Waals surface area contributed by atoms with Crippen LogP contribution in [0.25, 0.3) is 22.9 Å². The molecule has 28 heavy (non-hydrogen) atoms. The van der Waals surface area contributed by atoms with E-state index in [1.54, 1.807) is 10.7 Å². The van der Waals surface area contributed by atoms with Crippen molar-refractivity contribution < 1.29 is 9.13 Å². The minimum Gasteiger partial charge on any atom is -0.492 e. The van der Waals surface area contributed by atoms with E-state index in [-0.39, 0.29) is 5.02 Å². The van der Waals surface area contributed by atoms with Crippen LogP contribution in [0.4, 0.5) is 4.39 Å². The Morgan fingerprint density at radius 2 is 2.07 bits per heavy atom. The Kier molecular flexibility index (Phi) is 4.17. The standard InChI is InChI=1S/C19H12BrClFN5O/c20-12-1-3-14-17(7-12)28-6-5-11-9-26(25-18(11)14)19-23-10-24-27(19)16-4-2-13(22)8-15(16)21/h1-4,7-10H,5-6H2. The van der Waals surface area contributed by atoms with Crippen molar-refractivity contribution in [1.29, 1.82) is 0 Å². The van der Waals surface area contributed by atoms with E-state index in [4.69, 9.17) is 21.4 Å². The molecule has 0 radical (unpaired) electrons. The molecule has 9 heteroatoms. The van der Waals surface area contributed by atoms with Crippen LogP contribution < -0.4 is 4.74 Å². The van der Waals surface area contributed by atoms with Crippen LogP contribution in [0, 0.1) is 5.82 Å². The maximum absolute atomic E-state index is 13.4. The molecular formula is C19H12BrClFN5O.